The smallest absolute Gasteiger partial charge is 0.416 e. The molecule has 1 atom stereocenters. The van der Waals surface area contributed by atoms with Crippen molar-refractivity contribution in [3.05, 3.63) is 63.2 Å². The van der Waals surface area contributed by atoms with Crippen LogP contribution in [0.5, 0.6) is 0 Å². The van der Waals surface area contributed by atoms with Gasteiger partial charge in [-0.15, -0.1) is 5.11 Å². The van der Waals surface area contributed by atoms with Gasteiger partial charge in [0.2, 0.25) is 5.96 Å². The van der Waals surface area contributed by atoms with Crippen molar-refractivity contribution >= 4 is 17.7 Å². The zero-order valence-corrected chi connectivity index (χ0v) is 24.9. The first-order chi connectivity index (χ1) is 20.7. The Labute approximate surface area is 253 Å². The van der Waals surface area contributed by atoms with E-state index in [2.05, 4.69) is 10.8 Å². The normalized spacial score (nSPS) is 15.5. The molecule has 1 amide bonds. The van der Waals surface area contributed by atoms with Gasteiger partial charge in [-0.05, 0) is 88.0 Å². The highest BCUT2D eigenvalue weighted by atomic mass is 19.4. The van der Waals surface area contributed by atoms with E-state index >= 15 is 0 Å². The summed E-state index contributed by atoms with van der Waals surface area (Å²) in [5.41, 5.74) is 6.34. The maximum atomic E-state index is 14.1. The number of nitrogens with two attached hydrogens (primary N) is 1. The fraction of sp³-hybridized carbons (Fsp3) is 0.500. The van der Waals surface area contributed by atoms with Crippen LogP contribution in [0.15, 0.2) is 29.4 Å². The number of nitrogens with one attached hydrogen (secondary N) is 2. The summed E-state index contributed by atoms with van der Waals surface area (Å²) < 4.78 is 129. The molecule has 0 saturated heterocycles. The van der Waals surface area contributed by atoms with E-state index in [-0.39, 0.29) is 47.8 Å². The summed E-state index contributed by atoms with van der Waals surface area (Å²) in [6.45, 7) is 4.45. The van der Waals surface area contributed by atoms with E-state index in [1.165, 1.54) is 27.8 Å². The van der Waals surface area contributed by atoms with E-state index in [1.54, 1.807) is 0 Å². The van der Waals surface area contributed by atoms with E-state index in [4.69, 9.17) is 15.7 Å². The van der Waals surface area contributed by atoms with Gasteiger partial charge in [0.15, 0.2) is 0 Å². The summed E-state index contributed by atoms with van der Waals surface area (Å²) in [4.78, 5) is 15.0. The van der Waals surface area contributed by atoms with Gasteiger partial charge in [0, 0.05) is 13.1 Å². The van der Waals surface area contributed by atoms with Crippen LogP contribution in [0.3, 0.4) is 0 Å². The Hall–Kier alpha value is -3.89. The number of hydrogen-bond donors (Lipinski definition) is 3. The summed E-state index contributed by atoms with van der Waals surface area (Å²) >= 11 is 0. The van der Waals surface area contributed by atoms with Crippen molar-refractivity contribution in [2.24, 2.45) is 10.8 Å². The monoisotopic (exact) mass is 656 g/mol. The molecule has 1 aliphatic rings. The Kier molecular flexibility index (Phi) is 11.6. The summed E-state index contributed by atoms with van der Waals surface area (Å²) in [7, 11) is 1.50. The van der Waals surface area contributed by atoms with Gasteiger partial charge in [0.1, 0.15) is 0 Å². The van der Waals surface area contributed by atoms with E-state index in [0.717, 1.165) is 22.8 Å². The second-order valence-corrected chi connectivity index (χ2v) is 10.3. The number of carbonyl (C=O) groups excluding carboxylic acids is 1. The largest absolute Gasteiger partial charge is 0.446 e. The maximum Gasteiger partial charge on any atom is 0.416 e. The van der Waals surface area contributed by atoms with E-state index in [9.17, 15) is 44.3 Å². The number of carbonyl (C=O) groups is 1. The van der Waals surface area contributed by atoms with Gasteiger partial charge >= 0.3 is 24.6 Å². The van der Waals surface area contributed by atoms with Crippen molar-refractivity contribution in [3.8, 4) is 0 Å². The first-order valence-electron chi connectivity index (χ1n) is 13.4. The van der Waals surface area contributed by atoms with E-state index in [0.29, 0.717) is 12.1 Å². The molecule has 0 aliphatic carbocycles. The highest BCUT2D eigenvalue weighted by Gasteiger charge is 2.41. The van der Waals surface area contributed by atoms with Crippen molar-refractivity contribution in [1.82, 2.24) is 4.90 Å². The standard InChI is InChI=1S/C27H28F9N5O2.CH5N/c1-13(2)43-24(42)40-7-5-6-20(19-8-14(3)21(27(34,35)36)15(4)22(19)40)41(23(37)39-38)12-16-9-17(25(28,29)30)11-18(10-16)26(31,32)33;1-2/h8-11,13,20,37-38H,5-7,12H2,1-4H3;2H2,1H3. The van der Waals surface area contributed by atoms with Crippen LogP contribution in [0.1, 0.15) is 71.7 Å². The highest BCUT2D eigenvalue weighted by Crippen LogP contribution is 2.46. The van der Waals surface area contributed by atoms with Crippen molar-refractivity contribution < 1.29 is 49.0 Å². The number of anilines is 1. The van der Waals surface area contributed by atoms with Crippen LogP contribution in [0.2, 0.25) is 0 Å². The molecule has 1 aliphatic heterocycles. The number of hydrogen-bond acceptors (Lipinski definition) is 5. The molecule has 8 nitrogen and oxygen atoms in total. The highest BCUT2D eigenvalue weighted by molar-refractivity contribution is 5.91. The number of amides is 1. The molecular formula is C28H33F9N6O2. The zero-order chi connectivity index (χ0) is 34.7. The number of halogens is 9. The number of guanidine groups is 1. The summed E-state index contributed by atoms with van der Waals surface area (Å²) in [5.74, 6) is -0.865. The van der Waals surface area contributed by atoms with Crippen molar-refractivity contribution in [1.29, 1.82) is 10.9 Å². The van der Waals surface area contributed by atoms with Gasteiger partial charge in [-0.3, -0.25) is 10.3 Å². The third kappa shape index (κ3) is 8.64. The molecule has 0 aromatic heterocycles. The Morgan fingerprint density at radius 1 is 1.00 bits per heavy atom. The Bertz CT molecular complexity index is 1370. The number of nitrogens with zero attached hydrogens (tertiary/aromatic N) is 3. The quantitative estimate of drug-likeness (QED) is 0.132. The van der Waals surface area contributed by atoms with Crippen LogP contribution < -0.4 is 10.6 Å². The average molecular weight is 657 g/mol. The molecule has 2 aromatic carbocycles. The van der Waals surface area contributed by atoms with Crippen LogP contribution in [0.4, 0.5) is 50.0 Å². The Morgan fingerprint density at radius 3 is 1.98 bits per heavy atom. The van der Waals surface area contributed by atoms with Crippen molar-refractivity contribution in [3.63, 3.8) is 0 Å². The van der Waals surface area contributed by atoms with Gasteiger partial charge in [-0.2, -0.15) is 39.5 Å². The predicted octanol–water partition coefficient (Wildman–Crippen LogP) is 8.59. The fourth-order valence-electron chi connectivity index (χ4n) is 5.24. The molecule has 17 heteroatoms. The summed E-state index contributed by atoms with van der Waals surface area (Å²) in [6, 6.07) is 0.823. The van der Waals surface area contributed by atoms with Crippen LogP contribution in [-0.2, 0) is 29.8 Å². The van der Waals surface area contributed by atoms with Crippen LogP contribution in [0, 0.1) is 24.8 Å². The van der Waals surface area contributed by atoms with E-state index < -0.39 is 71.5 Å². The lowest BCUT2D eigenvalue weighted by atomic mass is 9.90. The topological polar surface area (TPSA) is 119 Å². The second kappa shape index (κ2) is 14.0. The van der Waals surface area contributed by atoms with E-state index in [1.807, 2.05) is 0 Å². The first kappa shape index (κ1) is 37.3. The molecule has 45 heavy (non-hydrogen) atoms. The molecule has 0 bridgehead atoms. The van der Waals surface area contributed by atoms with Gasteiger partial charge in [-0.1, -0.05) is 6.07 Å². The fourth-order valence-corrected chi connectivity index (χ4v) is 5.24. The molecule has 1 unspecified atom stereocenters. The number of alkyl halides is 9. The lowest BCUT2D eigenvalue weighted by Gasteiger charge is -2.34. The average Bonchev–Trinajstić information content (AvgIpc) is 3.10. The summed E-state index contributed by atoms with van der Waals surface area (Å²) in [5, 5.41) is 11.3. The molecule has 250 valence electrons. The summed E-state index contributed by atoms with van der Waals surface area (Å²) in [6.07, 6.45) is -16.7. The maximum absolute atomic E-state index is 14.1. The first-order valence-corrected chi connectivity index (χ1v) is 13.4. The third-order valence-corrected chi connectivity index (χ3v) is 6.85. The zero-order valence-electron chi connectivity index (χ0n) is 24.9. The second-order valence-electron chi connectivity index (χ2n) is 10.3. The van der Waals surface area contributed by atoms with Crippen LogP contribution >= 0.6 is 0 Å². The van der Waals surface area contributed by atoms with Gasteiger partial charge in [-0.25, -0.2) is 10.3 Å². The molecule has 0 spiro atoms. The predicted molar refractivity (Wildman–Crippen MR) is 147 cm³/mol. The lowest BCUT2D eigenvalue weighted by Crippen LogP contribution is -2.36. The number of aryl methyl sites for hydroxylation is 1. The minimum Gasteiger partial charge on any atom is -0.446 e. The van der Waals surface area contributed by atoms with Gasteiger partial charge in [0.25, 0.3) is 0 Å². The lowest BCUT2D eigenvalue weighted by molar-refractivity contribution is -0.143. The Morgan fingerprint density at radius 2 is 1.53 bits per heavy atom. The van der Waals surface area contributed by atoms with Crippen molar-refractivity contribution in [2.75, 3.05) is 18.5 Å². The molecule has 1 heterocycles. The molecule has 4 N–H and O–H groups in total. The molecule has 0 saturated carbocycles. The number of benzene rings is 2. The Balaban J connectivity index is 0.00000345. The molecule has 2 aromatic rings. The van der Waals surface area contributed by atoms with Crippen LogP contribution in [-0.4, -0.2) is 36.6 Å². The number of fused-ring (bicyclic) bond motifs is 1. The van der Waals surface area contributed by atoms with Gasteiger partial charge < -0.3 is 15.4 Å². The minimum absolute atomic E-state index is 0.00824. The molecule has 0 radical (unpaired) electrons. The SMILES string of the molecule is CN.Cc1cc2c(c(C)c1C(F)(F)F)N(C(=O)OC(C)C)CCCC2N(Cc1cc(C(F)(F)F)cc(C(F)(F)F)c1)C(=N)N=N. The van der Waals surface area contributed by atoms with Crippen molar-refractivity contribution in [2.45, 2.75) is 77.8 Å². The molecule has 3 rings (SSSR count). The number of rotatable bonds is 4. The molecular weight excluding hydrogens is 623 g/mol. The molecule has 0 fully saturated rings. The van der Waals surface area contributed by atoms with Gasteiger partial charge in [0.05, 0.1) is 34.5 Å². The minimum atomic E-state index is -5.15. The third-order valence-electron chi connectivity index (χ3n) is 6.85. The number of ether oxygens (including phenoxy) is 1. The van der Waals surface area contributed by atoms with Crippen LogP contribution in [0.25, 0.3) is 0 Å².